The molecule has 0 aliphatic carbocycles. The lowest BCUT2D eigenvalue weighted by Crippen LogP contribution is -2.38. The van der Waals surface area contributed by atoms with Crippen molar-refractivity contribution in [1.29, 1.82) is 10.8 Å². The molecule has 1 aromatic rings. The van der Waals surface area contributed by atoms with Crippen LogP contribution in [0.2, 0.25) is 0 Å². The zero-order chi connectivity index (χ0) is 11.6. The van der Waals surface area contributed by atoms with Crippen molar-refractivity contribution in [3.8, 4) is 0 Å². The average Bonchev–Trinajstić information content (AvgIpc) is 2.16. The molecule has 15 heavy (non-hydrogen) atoms. The van der Waals surface area contributed by atoms with Crippen molar-refractivity contribution in [2.24, 2.45) is 0 Å². The molecule has 1 aromatic heterocycles. The number of halogens is 3. The van der Waals surface area contributed by atoms with E-state index in [1.165, 1.54) is 12.1 Å². The minimum atomic E-state index is -4.79. The van der Waals surface area contributed by atoms with Crippen molar-refractivity contribution >= 4 is 5.84 Å². The molecule has 0 aliphatic rings. The van der Waals surface area contributed by atoms with E-state index in [2.05, 4.69) is 5.10 Å². The number of nitrogens with one attached hydrogen (secondary N) is 2. The average molecular weight is 218 g/mol. The second-order valence-electron chi connectivity index (χ2n) is 2.82. The molecule has 2 N–H and O–H groups in total. The number of aryl methyl sites for hydroxylation is 1. The summed E-state index contributed by atoms with van der Waals surface area (Å²) in [7, 11) is 0. The van der Waals surface area contributed by atoms with E-state index in [0.29, 0.717) is 12.1 Å². The molecule has 0 atom stereocenters. The van der Waals surface area contributed by atoms with Crippen LogP contribution in [0, 0.1) is 10.8 Å². The van der Waals surface area contributed by atoms with Gasteiger partial charge in [-0.25, -0.2) is 0 Å². The lowest BCUT2D eigenvalue weighted by Gasteiger charge is -2.10. The highest BCUT2D eigenvalue weighted by Crippen LogP contribution is 2.15. The molecule has 1 heterocycles. The third-order valence-corrected chi connectivity index (χ3v) is 1.73. The van der Waals surface area contributed by atoms with E-state index < -0.39 is 17.5 Å². The molecule has 0 saturated heterocycles. The second kappa shape index (κ2) is 3.84. The van der Waals surface area contributed by atoms with Crippen LogP contribution in [-0.4, -0.2) is 21.8 Å². The highest BCUT2D eigenvalue weighted by Gasteiger charge is 2.36. The quantitative estimate of drug-likeness (QED) is 0.541. The normalized spacial score (nSPS) is 11.5. The monoisotopic (exact) mass is 218 g/mol. The van der Waals surface area contributed by atoms with E-state index in [1.807, 2.05) is 0 Å². The van der Waals surface area contributed by atoms with Crippen LogP contribution in [0.1, 0.15) is 12.6 Å². The summed E-state index contributed by atoms with van der Waals surface area (Å²) in [5.74, 6) is -1.65. The number of nitrogens with zero attached hydrogens (tertiary/aromatic N) is 2. The Morgan fingerprint density at radius 2 is 2.07 bits per heavy atom. The van der Waals surface area contributed by atoms with Gasteiger partial charge in [-0.1, -0.05) is 6.92 Å². The van der Waals surface area contributed by atoms with Crippen molar-refractivity contribution in [2.75, 3.05) is 0 Å². The molecule has 0 radical (unpaired) electrons. The Morgan fingerprint density at radius 1 is 1.47 bits per heavy atom. The molecule has 0 fully saturated rings. The molecule has 0 aromatic carbocycles. The standard InChI is InChI=1S/C8H9F3N4/c1-2-5-3-4-6(12)15(14-5)7(13)8(9,10)11/h3-4,12-13H,2H2,1H3. The predicted octanol–water partition coefficient (Wildman–Crippen LogP) is 1.31. The number of rotatable bonds is 1. The summed E-state index contributed by atoms with van der Waals surface area (Å²) in [5.41, 5.74) is -0.0606. The SMILES string of the molecule is CCc1ccc(=N)n(C(=N)C(F)(F)F)n1. The van der Waals surface area contributed by atoms with Gasteiger partial charge in [0.1, 0.15) is 5.49 Å². The lowest BCUT2D eigenvalue weighted by molar-refractivity contribution is -0.0632. The summed E-state index contributed by atoms with van der Waals surface area (Å²) in [5, 5.41) is 17.6. The summed E-state index contributed by atoms with van der Waals surface area (Å²) in [6.45, 7) is 1.73. The molecule has 82 valence electrons. The van der Waals surface area contributed by atoms with Gasteiger partial charge in [0.2, 0.25) is 5.84 Å². The zero-order valence-electron chi connectivity index (χ0n) is 7.89. The molecule has 0 saturated carbocycles. The Kier molecular flexibility index (Phi) is 2.92. The summed E-state index contributed by atoms with van der Waals surface area (Å²) >= 11 is 0. The first kappa shape index (κ1) is 11.4. The van der Waals surface area contributed by atoms with Crippen LogP contribution in [0.25, 0.3) is 0 Å². The first-order valence-electron chi connectivity index (χ1n) is 4.16. The van der Waals surface area contributed by atoms with E-state index in [4.69, 9.17) is 10.8 Å². The zero-order valence-corrected chi connectivity index (χ0v) is 7.89. The van der Waals surface area contributed by atoms with Crippen molar-refractivity contribution < 1.29 is 13.2 Å². The predicted molar refractivity (Wildman–Crippen MR) is 46.6 cm³/mol. The fourth-order valence-electron chi connectivity index (χ4n) is 0.940. The van der Waals surface area contributed by atoms with E-state index in [1.54, 1.807) is 6.92 Å². The minimum absolute atomic E-state index is 0.277. The molecule has 7 heteroatoms. The number of aromatic nitrogens is 2. The van der Waals surface area contributed by atoms with Crippen LogP contribution >= 0.6 is 0 Å². The summed E-state index contributed by atoms with van der Waals surface area (Å²) in [6.07, 6.45) is -4.34. The third kappa shape index (κ3) is 2.42. The van der Waals surface area contributed by atoms with Gasteiger partial charge in [0.15, 0.2) is 0 Å². The van der Waals surface area contributed by atoms with Crippen LogP contribution in [-0.2, 0) is 6.42 Å². The first-order chi connectivity index (χ1) is 6.86. The van der Waals surface area contributed by atoms with Crippen molar-refractivity contribution in [2.45, 2.75) is 19.5 Å². The van der Waals surface area contributed by atoms with Gasteiger partial charge in [0.25, 0.3) is 0 Å². The minimum Gasteiger partial charge on any atom is -0.283 e. The van der Waals surface area contributed by atoms with Crippen molar-refractivity contribution in [3.63, 3.8) is 0 Å². The van der Waals surface area contributed by atoms with Crippen molar-refractivity contribution in [1.82, 2.24) is 9.78 Å². The number of hydrogen-bond donors (Lipinski definition) is 2. The van der Waals surface area contributed by atoms with Crippen LogP contribution in [0.5, 0.6) is 0 Å². The van der Waals surface area contributed by atoms with E-state index in [0.717, 1.165) is 0 Å². The fourth-order valence-corrected chi connectivity index (χ4v) is 0.940. The van der Waals surface area contributed by atoms with E-state index in [9.17, 15) is 13.2 Å². The van der Waals surface area contributed by atoms with E-state index >= 15 is 0 Å². The maximum Gasteiger partial charge on any atom is 0.451 e. The molecule has 0 unspecified atom stereocenters. The Morgan fingerprint density at radius 3 is 2.53 bits per heavy atom. The topological polar surface area (TPSA) is 65.5 Å². The largest absolute Gasteiger partial charge is 0.451 e. The lowest BCUT2D eigenvalue weighted by atomic mass is 10.3. The van der Waals surface area contributed by atoms with E-state index in [-0.39, 0.29) is 4.68 Å². The molecule has 0 spiro atoms. The second-order valence-corrected chi connectivity index (χ2v) is 2.82. The van der Waals surface area contributed by atoms with Gasteiger partial charge in [-0.3, -0.25) is 10.8 Å². The summed E-state index contributed by atoms with van der Waals surface area (Å²) in [4.78, 5) is 0. The molecule has 0 amide bonds. The first-order valence-corrected chi connectivity index (χ1v) is 4.16. The molecule has 0 aliphatic heterocycles. The van der Waals surface area contributed by atoms with Gasteiger partial charge < -0.3 is 0 Å². The highest BCUT2D eigenvalue weighted by atomic mass is 19.4. The summed E-state index contributed by atoms with van der Waals surface area (Å²) < 4.78 is 36.8. The van der Waals surface area contributed by atoms with Crippen LogP contribution < -0.4 is 5.49 Å². The highest BCUT2D eigenvalue weighted by molar-refractivity contribution is 5.85. The van der Waals surface area contributed by atoms with Crippen LogP contribution in [0.4, 0.5) is 13.2 Å². The fraction of sp³-hybridized carbons (Fsp3) is 0.375. The Bertz CT molecular complexity index is 432. The third-order valence-electron chi connectivity index (χ3n) is 1.73. The smallest absolute Gasteiger partial charge is 0.283 e. The van der Waals surface area contributed by atoms with Crippen LogP contribution in [0.15, 0.2) is 12.1 Å². The van der Waals surface area contributed by atoms with Gasteiger partial charge in [0, 0.05) is 0 Å². The van der Waals surface area contributed by atoms with Crippen LogP contribution in [0.3, 0.4) is 0 Å². The summed E-state index contributed by atoms with van der Waals surface area (Å²) in [6, 6.07) is 2.65. The maximum atomic E-state index is 12.2. The van der Waals surface area contributed by atoms with Gasteiger partial charge >= 0.3 is 6.18 Å². The van der Waals surface area contributed by atoms with Gasteiger partial charge in [-0.15, -0.1) is 0 Å². The molecular formula is C8H9F3N4. The van der Waals surface area contributed by atoms with Crippen molar-refractivity contribution in [3.05, 3.63) is 23.3 Å². The number of hydrogen-bond acceptors (Lipinski definition) is 3. The Balaban J connectivity index is 3.25. The molecule has 4 nitrogen and oxygen atoms in total. The van der Waals surface area contributed by atoms with Gasteiger partial charge in [0.05, 0.1) is 5.69 Å². The molecule has 1 rings (SSSR count). The molecule has 0 bridgehead atoms. The van der Waals surface area contributed by atoms with Gasteiger partial charge in [-0.2, -0.15) is 23.0 Å². The Labute approximate surface area is 83.4 Å². The molecular weight excluding hydrogens is 209 g/mol. The maximum absolute atomic E-state index is 12.2. The van der Waals surface area contributed by atoms with Gasteiger partial charge in [-0.05, 0) is 18.6 Å². The number of alkyl halides is 3. The Hall–Kier alpha value is -1.66.